The molecule has 1 aliphatic rings. The lowest BCUT2D eigenvalue weighted by atomic mass is 9.99. The Kier molecular flexibility index (Phi) is 4.70. The van der Waals surface area contributed by atoms with Gasteiger partial charge >= 0.3 is 5.97 Å². The highest BCUT2D eigenvalue weighted by Crippen LogP contribution is 2.26. The molecule has 1 aromatic rings. The minimum absolute atomic E-state index is 0.0176. The molecule has 0 aromatic heterocycles. The molecule has 1 N–H and O–H groups in total. The largest absolute Gasteiger partial charge is 0.481 e. The first-order chi connectivity index (χ1) is 9.79. The minimum atomic E-state index is -3.61. The zero-order valence-electron chi connectivity index (χ0n) is 11.4. The van der Waals surface area contributed by atoms with Gasteiger partial charge in [-0.3, -0.25) is 4.79 Å². The van der Waals surface area contributed by atoms with Crippen LogP contribution in [0.2, 0.25) is 5.02 Å². The average molecular weight is 330 g/mol. The lowest BCUT2D eigenvalue weighted by molar-refractivity contribution is -0.142. The van der Waals surface area contributed by atoms with Crippen molar-refractivity contribution >= 4 is 33.7 Å². The van der Waals surface area contributed by atoms with Crippen LogP contribution in [0.25, 0.3) is 6.08 Å². The van der Waals surface area contributed by atoms with Gasteiger partial charge in [-0.2, -0.15) is 4.31 Å². The van der Waals surface area contributed by atoms with Gasteiger partial charge in [0.05, 0.1) is 5.92 Å². The Morgan fingerprint density at radius 2 is 1.95 bits per heavy atom. The van der Waals surface area contributed by atoms with Crippen molar-refractivity contribution in [1.29, 1.82) is 0 Å². The molecular weight excluding hydrogens is 314 g/mol. The second-order valence-corrected chi connectivity index (χ2v) is 7.39. The number of aliphatic carboxylic acids is 1. The highest BCUT2D eigenvalue weighted by atomic mass is 35.5. The van der Waals surface area contributed by atoms with E-state index >= 15 is 0 Å². The Morgan fingerprint density at radius 3 is 2.48 bits per heavy atom. The van der Waals surface area contributed by atoms with Crippen molar-refractivity contribution in [3.63, 3.8) is 0 Å². The normalized spacial score (nSPS) is 23.7. The van der Waals surface area contributed by atoms with E-state index in [0.717, 1.165) is 5.41 Å². The molecular formula is C14H16ClNO4S. The molecule has 1 aliphatic heterocycles. The molecule has 1 aromatic carbocycles. The monoisotopic (exact) mass is 329 g/mol. The first-order valence-electron chi connectivity index (χ1n) is 6.46. The average Bonchev–Trinajstić information content (AvgIpc) is 2.81. The van der Waals surface area contributed by atoms with Crippen molar-refractivity contribution in [2.45, 2.75) is 6.92 Å². The van der Waals surface area contributed by atoms with Crippen LogP contribution in [0.15, 0.2) is 29.7 Å². The predicted octanol–water partition coefficient (Wildman–Crippen LogP) is 2.29. The summed E-state index contributed by atoms with van der Waals surface area (Å²) in [6.07, 6.45) is 1.48. The fraction of sp³-hybridized carbons (Fsp3) is 0.357. The van der Waals surface area contributed by atoms with E-state index in [1.54, 1.807) is 31.2 Å². The van der Waals surface area contributed by atoms with E-state index < -0.39 is 21.9 Å². The Labute approximate surface area is 128 Å². The lowest BCUT2D eigenvalue weighted by Crippen LogP contribution is -2.28. The summed E-state index contributed by atoms with van der Waals surface area (Å²) in [5, 5.41) is 10.7. The number of carbonyl (C=O) groups is 1. The number of benzene rings is 1. The number of halogens is 1. The van der Waals surface area contributed by atoms with Crippen molar-refractivity contribution in [3.05, 3.63) is 40.3 Å². The van der Waals surface area contributed by atoms with E-state index in [-0.39, 0.29) is 19.0 Å². The highest BCUT2D eigenvalue weighted by Gasteiger charge is 2.39. The number of sulfonamides is 1. The van der Waals surface area contributed by atoms with E-state index in [0.29, 0.717) is 10.6 Å². The van der Waals surface area contributed by atoms with Gasteiger partial charge in [0.15, 0.2) is 0 Å². The minimum Gasteiger partial charge on any atom is -0.481 e. The third-order valence-electron chi connectivity index (χ3n) is 3.56. The molecule has 7 heteroatoms. The first-order valence-corrected chi connectivity index (χ1v) is 8.34. The standard InChI is InChI=1S/C14H16ClNO4S/c1-10-8-16(9-13(10)14(17)18)21(19,20)7-6-11-2-4-12(15)5-3-11/h2-7,10,13H,8-9H2,1H3,(H,17,18)/b7-6+/t10-,13-/m1/s1. The van der Waals surface area contributed by atoms with Crippen LogP contribution in [-0.4, -0.2) is 36.9 Å². The van der Waals surface area contributed by atoms with Gasteiger partial charge in [0, 0.05) is 23.5 Å². The van der Waals surface area contributed by atoms with Crippen LogP contribution in [0.5, 0.6) is 0 Å². The number of hydrogen-bond donors (Lipinski definition) is 1. The molecule has 0 bridgehead atoms. The molecule has 2 atom stereocenters. The maximum absolute atomic E-state index is 12.2. The summed E-state index contributed by atoms with van der Waals surface area (Å²) in [6, 6.07) is 6.76. The summed E-state index contributed by atoms with van der Waals surface area (Å²) in [4.78, 5) is 11.0. The molecule has 0 aliphatic carbocycles. The Morgan fingerprint density at radius 1 is 1.33 bits per heavy atom. The number of hydrogen-bond acceptors (Lipinski definition) is 3. The molecule has 0 unspecified atom stereocenters. The Bertz CT molecular complexity index is 654. The van der Waals surface area contributed by atoms with Gasteiger partial charge in [0.2, 0.25) is 10.0 Å². The number of nitrogens with zero attached hydrogens (tertiary/aromatic N) is 1. The third-order valence-corrected chi connectivity index (χ3v) is 5.31. The van der Waals surface area contributed by atoms with Crippen molar-refractivity contribution in [2.24, 2.45) is 11.8 Å². The summed E-state index contributed by atoms with van der Waals surface area (Å²) in [7, 11) is -3.61. The smallest absolute Gasteiger partial charge is 0.308 e. The number of carboxylic acids is 1. The van der Waals surface area contributed by atoms with E-state index in [1.165, 1.54) is 10.4 Å². The molecule has 0 spiro atoms. The molecule has 114 valence electrons. The SMILES string of the molecule is C[C@@H]1CN(S(=O)(=O)/C=C/c2ccc(Cl)cc2)C[C@H]1C(=O)O. The van der Waals surface area contributed by atoms with Crippen LogP contribution in [0.1, 0.15) is 12.5 Å². The van der Waals surface area contributed by atoms with Crippen molar-refractivity contribution in [2.75, 3.05) is 13.1 Å². The molecule has 1 fully saturated rings. The van der Waals surface area contributed by atoms with Gasteiger partial charge in [-0.25, -0.2) is 8.42 Å². The maximum atomic E-state index is 12.2. The van der Waals surface area contributed by atoms with E-state index in [2.05, 4.69) is 0 Å². The molecule has 2 rings (SSSR count). The second-order valence-electron chi connectivity index (χ2n) is 5.14. The summed E-state index contributed by atoms with van der Waals surface area (Å²) in [5.41, 5.74) is 0.713. The Balaban J connectivity index is 2.12. The first kappa shape index (κ1) is 16.0. The van der Waals surface area contributed by atoms with Gasteiger partial charge in [-0.15, -0.1) is 0 Å². The van der Waals surface area contributed by atoms with Crippen LogP contribution in [0, 0.1) is 11.8 Å². The second kappa shape index (κ2) is 6.17. The summed E-state index contributed by atoms with van der Waals surface area (Å²) in [6.45, 7) is 1.99. The molecule has 0 saturated carbocycles. The van der Waals surface area contributed by atoms with E-state index in [4.69, 9.17) is 16.7 Å². The van der Waals surface area contributed by atoms with E-state index in [9.17, 15) is 13.2 Å². The van der Waals surface area contributed by atoms with Crippen molar-refractivity contribution < 1.29 is 18.3 Å². The van der Waals surface area contributed by atoms with Gasteiger partial charge in [-0.1, -0.05) is 30.7 Å². The van der Waals surface area contributed by atoms with Gasteiger partial charge in [0.25, 0.3) is 0 Å². The van der Waals surface area contributed by atoms with E-state index in [1.807, 2.05) is 0 Å². The zero-order valence-corrected chi connectivity index (χ0v) is 13.0. The van der Waals surface area contributed by atoms with Gasteiger partial charge in [-0.05, 0) is 29.7 Å². The fourth-order valence-corrected chi connectivity index (χ4v) is 3.71. The quantitative estimate of drug-likeness (QED) is 0.919. The summed E-state index contributed by atoms with van der Waals surface area (Å²) < 4.78 is 25.6. The highest BCUT2D eigenvalue weighted by molar-refractivity contribution is 7.92. The topological polar surface area (TPSA) is 74.7 Å². The molecule has 0 amide bonds. The van der Waals surface area contributed by atoms with Crippen LogP contribution in [-0.2, 0) is 14.8 Å². The lowest BCUT2D eigenvalue weighted by Gasteiger charge is -2.12. The van der Waals surface area contributed by atoms with Gasteiger partial charge in [0.1, 0.15) is 0 Å². The van der Waals surface area contributed by atoms with Crippen molar-refractivity contribution in [1.82, 2.24) is 4.31 Å². The van der Waals surface area contributed by atoms with Crippen LogP contribution in [0.3, 0.4) is 0 Å². The molecule has 0 radical (unpaired) electrons. The van der Waals surface area contributed by atoms with Gasteiger partial charge < -0.3 is 5.11 Å². The fourth-order valence-electron chi connectivity index (χ4n) is 2.28. The maximum Gasteiger partial charge on any atom is 0.308 e. The number of carboxylic acid groups (broad SMARTS) is 1. The number of rotatable bonds is 4. The Hall–Kier alpha value is -1.37. The van der Waals surface area contributed by atoms with Crippen LogP contribution < -0.4 is 0 Å². The van der Waals surface area contributed by atoms with Crippen molar-refractivity contribution in [3.8, 4) is 0 Å². The third kappa shape index (κ3) is 3.84. The van der Waals surface area contributed by atoms with Crippen LogP contribution >= 0.6 is 11.6 Å². The molecule has 1 heterocycles. The molecule has 21 heavy (non-hydrogen) atoms. The molecule has 1 saturated heterocycles. The predicted molar refractivity (Wildman–Crippen MR) is 81.3 cm³/mol. The summed E-state index contributed by atoms with van der Waals surface area (Å²) in [5.74, 6) is -1.80. The van der Waals surface area contributed by atoms with Crippen LogP contribution in [0.4, 0.5) is 0 Å². The zero-order chi connectivity index (χ0) is 15.6. The summed E-state index contributed by atoms with van der Waals surface area (Å²) >= 11 is 5.76. The molecule has 5 nitrogen and oxygen atoms in total.